The summed E-state index contributed by atoms with van der Waals surface area (Å²) in [5, 5.41) is 13.2. The summed E-state index contributed by atoms with van der Waals surface area (Å²) in [6.07, 6.45) is 0. The Balaban J connectivity index is 2.31. The molecule has 1 aliphatic rings. The van der Waals surface area contributed by atoms with Gasteiger partial charge in [-0.25, -0.2) is 4.79 Å². The van der Waals surface area contributed by atoms with E-state index < -0.39 is 12.0 Å². The zero-order chi connectivity index (χ0) is 14.9. The molecule has 7 nitrogen and oxygen atoms in total. The number of carboxylic acid groups (broad SMARTS) is 1. The van der Waals surface area contributed by atoms with Crippen molar-refractivity contribution in [2.45, 2.75) is 32.2 Å². The van der Waals surface area contributed by atoms with E-state index in [1.807, 2.05) is 20.8 Å². The molecule has 1 N–H and O–H groups in total. The van der Waals surface area contributed by atoms with Gasteiger partial charge < -0.3 is 14.7 Å². The minimum Gasteiger partial charge on any atom is -0.480 e. The van der Waals surface area contributed by atoms with Crippen molar-refractivity contribution in [3.63, 3.8) is 0 Å². The van der Waals surface area contributed by atoms with Gasteiger partial charge in [-0.3, -0.25) is 4.79 Å². The Hall–Kier alpha value is -1.54. The van der Waals surface area contributed by atoms with Gasteiger partial charge in [0.1, 0.15) is 4.88 Å². The first-order chi connectivity index (χ1) is 9.32. The number of ether oxygens (including phenoxy) is 1. The summed E-state index contributed by atoms with van der Waals surface area (Å²) >= 11 is 1.01. The molecular formula is C12H17N3O4S. The average molecular weight is 299 g/mol. The van der Waals surface area contributed by atoms with E-state index in [1.54, 1.807) is 0 Å². The highest BCUT2D eigenvalue weighted by Gasteiger charge is 2.36. The molecule has 1 unspecified atom stereocenters. The highest BCUT2D eigenvalue weighted by Crippen LogP contribution is 2.27. The van der Waals surface area contributed by atoms with Gasteiger partial charge >= 0.3 is 5.97 Å². The number of rotatable bonds is 2. The van der Waals surface area contributed by atoms with Crippen LogP contribution < -0.4 is 0 Å². The molecule has 1 saturated heterocycles. The second kappa shape index (κ2) is 5.45. The van der Waals surface area contributed by atoms with Gasteiger partial charge in [-0.15, -0.1) is 5.10 Å². The fourth-order valence-corrected chi connectivity index (χ4v) is 2.84. The highest BCUT2D eigenvalue weighted by molar-refractivity contribution is 7.08. The monoisotopic (exact) mass is 299 g/mol. The van der Waals surface area contributed by atoms with E-state index in [0.29, 0.717) is 17.2 Å². The fraction of sp³-hybridized carbons (Fsp3) is 0.667. The van der Waals surface area contributed by atoms with Crippen molar-refractivity contribution in [1.29, 1.82) is 0 Å². The Morgan fingerprint density at radius 1 is 1.45 bits per heavy atom. The summed E-state index contributed by atoms with van der Waals surface area (Å²) in [7, 11) is 0. The molecule has 0 spiro atoms. The van der Waals surface area contributed by atoms with Crippen molar-refractivity contribution in [3.8, 4) is 0 Å². The molecular weight excluding hydrogens is 282 g/mol. The van der Waals surface area contributed by atoms with Crippen molar-refractivity contribution in [3.05, 3.63) is 10.6 Å². The van der Waals surface area contributed by atoms with Crippen molar-refractivity contribution in [2.24, 2.45) is 0 Å². The molecule has 1 aromatic heterocycles. The molecule has 8 heteroatoms. The largest absolute Gasteiger partial charge is 0.480 e. The Labute approximate surface area is 120 Å². The normalized spacial score (nSPS) is 19.9. The first-order valence-corrected chi connectivity index (χ1v) is 7.04. The van der Waals surface area contributed by atoms with Crippen LogP contribution in [0.15, 0.2) is 0 Å². The summed E-state index contributed by atoms with van der Waals surface area (Å²) in [4.78, 5) is 25.5. The molecule has 0 saturated carbocycles. The van der Waals surface area contributed by atoms with Crippen LogP contribution in [0.3, 0.4) is 0 Å². The van der Waals surface area contributed by atoms with Crippen LogP contribution in [0.4, 0.5) is 0 Å². The number of carbonyl (C=O) groups excluding carboxylic acids is 1. The van der Waals surface area contributed by atoms with Crippen LogP contribution in [-0.4, -0.2) is 57.3 Å². The van der Waals surface area contributed by atoms with Gasteiger partial charge in [0.15, 0.2) is 6.04 Å². The Kier molecular flexibility index (Phi) is 4.05. The average Bonchev–Trinajstić information content (AvgIpc) is 2.87. The number of morpholine rings is 1. The second-order valence-corrected chi connectivity index (χ2v) is 6.38. The number of amides is 1. The van der Waals surface area contributed by atoms with Crippen LogP contribution in [0.25, 0.3) is 0 Å². The van der Waals surface area contributed by atoms with Crippen molar-refractivity contribution in [2.75, 3.05) is 19.8 Å². The zero-order valence-corrected chi connectivity index (χ0v) is 12.4. The van der Waals surface area contributed by atoms with Crippen LogP contribution in [0.5, 0.6) is 0 Å². The van der Waals surface area contributed by atoms with E-state index in [1.165, 1.54) is 4.90 Å². The SMILES string of the molecule is CC(C)(C)c1nnsc1C(=O)N1CCOCC1C(=O)O. The fourth-order valence-electron chi connectivity index (χ4n) is 2.00. The first kappa shape index (κ1) is 14.9. The van der Waals surface area contributed by atoms with Gasteiger partial charge in [0.2, 0.25) is 0 Å². The lowest BCUT2D eigenvalue weighted by Crippen LogP contribution is -2.52. The maximum Gasteiger partial charge on any atom is 0.328 e. The maximum absolute atomic E-state index is 12.6. The molecule has 1 aromatic rings. The van der Waals surface area contributed by atoms with Gasteiger partial charge in [0.25, 0.3) is 5.91 Å². The van der Waals surface area contributed by atoms with Crippen LogP contribution in [0, 0.1) is 0 Å². The van der Waals surface area contributed by atoms with E-state index in [9.17, 15) is 14.7 Å². The molecule has 1 fully saturated rings. The third kappa shape index (κ3) is 2.80. The van der Waals surface area contributed by atoms with Gasteiger partial charge in [-0.1, -0.05) is 25.3 Å². The van der Waals surface area contributed by atoms with Crippen LogP contribution >= 0.6 is 11.5 Å². The smallest absolute Gasteiger partial charge is 0.328 e. The molecule has 0 aliphatic carbocycles. The standard InChI is InChI=1S/C12H17N3O4S/c1-12(2,3)9-8(20-14-13-9)10(16)15-4-5-19-6-7(15)11(17)18/h7H,4-6H2,1-3H3,(H,17,18). The van der Waals surface area contributed by atoms with Gasteiger partial charge in [-0.2, -0.15) is 0 Å². The van der Waals surface area contributed by atoms with Crippen LogP contribution in [-0.2, 0) is 14.9 Å². The molecule has 2 heterocycles. The lowest BCUT2D eigenvalue weighted by Gasteiger charge is -2.32. The number of hydrogen-bond acceptors (Lipinski definition) is 6. The third-order valence-electron chi connectivity index (χ3n) is 3.07. The summed E-state index contributed by atoms with van der Waals surface area (Å²) in [5.74, 6) is -1.39. The first-order valence-electron chi connectivity index (χ1n) is 6.26. The molecule has 20 heavy (non-hydrogen) atoms. The second-order valence-electron chi connectivity index (χ2n) is 5.63. The zero-order valence-electron chi connectivity index (χ0n) is 11.6. The Morgan fingerprint density at radius 3 is 2.75 bits per heavy atom. The van der Waals surface area contributed by atoms with E-state index in [4.69, 9.17) is 4.74 Å². The molecule has 0 bridgehead atoms. The predicted octanol–water partition coefficient (Wildman–Crippen LogP) is 0.761. The van der Waals surface area contributed by atoms with E-state index in [0.717, 1.165) is 11.5 Å². The summed E-state index contributed by atoms with van der Waals surface area (Å²) < 4.78 is 8.98. The Morgan fingerprint density at radius 2 is 2.15 bits per heavy atom. The van der Waals surface area contributed by atoms with Gasteiger partial charge in [-0.05, 0) is 11.5 Å². The van der Waals surface area contributed by atoms with Crippen LogP contribution in [0.2, 0.25) is 0 Å². The maximum atomic E-state index is 12.6. The quantitative estimate of drug-likeness (QED) is 0.866. The van der Waals surface area contributed by atoms with Crippen molar-refractivity contribution >= 4 is 23.4 Å². The Bertz CT molecular complexity index is 523. The van der Waals surface area contributed by atoms with E-state index in [-0.39, 0.29) is 24.5 Å². The number of carbonyl (C=O) groups is 2. The number of carboxylic acids is 1. The molecule has 0 aromatic carbocycles. The predicted molar refractivity (Wildman–Crippen MR) is 71.9 cm³/mol. The van der Waals surface area contributed by atoms with Crippen molar-refractivity contribution < 1.29 is 19.4 Å². The van der Waals surface area contributed by atoms with E-state index >= 15 is 0 Å². The molecule has 1 aliphatic heterocycles. The van der Waals surface area contributed by atoms with Gasteiger partial charge in [0.05, 0.1) is 18.9 Å². The summed E-state index contributed by atoms with van der Waals surface area (Å²) in [6, 6.07) is -0.953. The van der Waals surface area contributed by atoms with E-state index in [2.05, 4.69) is 9.59 Å². The number of hydrogen-bond donors (Lipinski definition) is 1. The molecule has 1 atom stereocenters. The molecule has 1 amide bonds. The minimum absolute atomic E-state index is 0.0121. The lowest BCUT2D eigenvalue weighted by molar-refractivity contribution is -0.147. The topological polar surface area (TPSA) is 92.6 Å². The third-order valence-corrected chi connectivity index (χ3v) is 3.78. The molecule has 110 valence electrons. The number of aromatic nitrogens is 2. The minimum atomic E-state index is -1.06. The summed E-state index contributed by atoms with van der Waals surface area (Å²) in [5.41, 5.74) is 0.284. The summed E-state index contributed by atoms with van der Waals surface area (Å²) in [6.45, 7) is 6.43. The molecule has 0 radical (unpaired) electrons. The molecule has 2 rings (SSSR count). The van der Waals surface area contributed by atoms with Crippen LogP contribution in [0.1, 0.15) is 36.1 Å². The van der Waals surface area contributed by atoms with Crippen molar-refractivity contribution in [1.82, 2.24) is 14.5 Å². The highest BCUT2D eigenvalue weighted by atomic mass is 32.1. The lowest BCUT2D eigenvalue weighted by atomic mass is 9.91. The van der Waals surface area contributed by atoms with Gasteiger partial charge in [0, 0.05) is 12.0 Å². The number of aliphatic carboxylic acids is 1. The number of nitrogens with zero attached hydrogens (tertiary/aromatic N) is 3.